The van der Waals surface area contributed by atoms with Crippen LogP contribution in [-0.2, 0) is 13.2 Å². The van der Waals surface area contributed by atoms with Gasteiger partial charge in [0, 0.05) is 29.9 Å². The zero-order chi connectivity index (χ0) is 13.1. The van der Waals surface area contributed by atoms with Crippen LogP contribution in [0.2, 0.25) is 5.02 Å². The first-order valence-electron chi connectivity index (χ1n) is 5.44. The second-order valence-electron chi connectivity index (χ2n) is 4.01. The van der Waals surface area contributed by atoms with E-state index in [0.29, 0.717) is 5.02 Å². The lowest BCUT2D eigenvalue weighted by atomic mass is 10.1. The first kappa shape index (κ1) is 13.9. The number of halogens is 2. The van der Waals surface area contributed by atoms with Crippen LogP contribution in [0, 0.1) is 0 Å². The van der Waals surface area contributed by atoms with Gasteiger partial charge in [0.1, 0.15) is 0 Å². The zero-order valence-electron chi connectivity index (χ0n) is 9.86. The predicted molar refractivity (Wildman–Crippen MR) is 81.5 cm³/mol. The van der Waals surface area contributed by atoms with E-state index in [1.807, 2.05) is 19.2 Å². The van der Waals surface area contributed by atoms with Crippen LogP contribution >= 0.6 is 38.9 Å². The molecule has 0 unspecified atom stereocenters. The van der Waals surface area contributed by atoms with E-state index < -0.39 is 0 Å². The highest BCUT2D eigenvalue weighted by molar-refractivity contribution is 9.11. The second-order valence-corrected chi connectivity index (χ2v) is 6.71. The van der Waals surface area contributed by atoms with Crippen molar-refractivity contribution in [3.8, 4) is 0 Å². The molecule has 0 aliphatic heterocycles. The number of aliphatic hydroxyl groups is 1. The largest absolute Gasteiger partial charge is 0.392 e. The molecule has 0 saturated carbocycles. The molecular weight excluding hydrogens is 334 g/mol. The van der Waals surface area contributed by atoms with Gasteiger partial charge in [0.05, 0.1) is 10.4 Å². The van der Waals surface area contributed by atoms with Crippen molar-refractivity contribution < 1.29 is 5.11 Å². The third-order valence-electron chi connectivity index (χ3n) is 2.70. The summed E-state index contributed by atoms with van der Waals surface area (Å²) in [4.78, 5) is 2.09. The van der Waals surface area contributed by atoms with E-state index in [9.17, 15) is 5.11 Å². The third kappa shape index (κ3) is 3.06. The van der Waals surface area contributed by atoms with Crippen molar-refractivity contribution in [3.05, 3.63) is 49.6 Å². The van der Waals surface area contributed by atoms with E-state index in [2.05, 4.69) is 32.3 Å². The van der Waals surface area contributed by atoms with Gasteiger partial charge in [-0.3, -0.25) is 0 Å². The number of hydrogen-bond donors (Lipinski definition) is 1. The van der Waals surface area contributed by atoms with Gasteiger partial charge in [-0.05, 0) is 45.1 Å². The molecule has 0 fully saturated rings. The molecule has 2 aromatic rings. The van der Waals surface area contributed by atoms with Crippen LogP contribution in [0.4, 0.5) is 5.69 Å². The van der Waals surface area contributed by atoms with Gasteiger partial charge in [-0.2, -0.15) is 0 Å². The molecule has 1 aromatic heterocycles. The second kappa shape index (κ2) is 6.06. The van der Waals surface area contributed by atoms with E-state index in [-0.39, 0.29) is 6.61 Å². The minimum absolute atomic E-state index is 0.0489. The highest BCUT2D eigenvalue weighted by atomic mass is 79.9. The van der Waals surface area contributed by atoms with Crippen molar-refractivity contribution in [3.63, 3.8) is 0 Å². The molecule has 1 heterocycles. The summed E-state index contributed by atoms with van der Waals surface area (Å²) >= 11 is 11.2. The van der Waals surface area contributed by atoms with Crippen LogP contribution in [0.25, 0.3) is 0 Å². The summed E-state index contributed by atoms with van der Waals surface area (Å²) in [5.74, 6) is 0. The molecule has 18 heavy (non-hydrogen) atoms. The minimum atomic E-state index is -0.0489. The molecular formula is C13H13BrClNOS. The van der Waals surface area contributed by atoms with E-state index in [1.165, 1.54) is 5.56 Å². The number of thiophene rings is 1. The van der Waals surface area contributed by atoms with Crippen molar-refractivity contribution in [2.45, 2.75) is 13.2 Å². The summed E-state index contributed by atoms with van der Waals surface area (Å²) in [6.45, 7) is 0.738. The maximum absolute atomic E-state index is 9.40. The average molecular weight is 347 g/mol. The molecule has 0 aliphatic carbocycles. The fraction of sp³-hybridized carbons (Fsp3) is 0.231. The third-order valence-corrected chi connectivity index (χ3v) is 4.61. The monoisotopic (exact) mass is 345 g/mol. The van der Waals surface area contributed by atoms with Gasteiger partial charge in [-0.25, -0.2) is 0 Å². The van der Waals surface area contributed by atoms with Gasteiger partial charge < -0.3 is 10.0 Å². The molecule has 0 amide bonds. The van der Waals surface area contributed by atoms with Gasteiger partial charge in [-0.1, -0.05) is 17.7 Å². The number of benzene rings is 1. The summed E-state index contributed by atoms with van der Waals surface area (Å²) in [7, 11) is 2.00. The highest BCUT2D eigenvalue weighted by Gasteiger charge is 2.11. The van der Waals surface area contributed by atoms with Crippen LogP contribution in [0.3, 0.4) is 0 Å². The maximum atomic E-state index is 9.40. The maximum Gasteiger partial charge on any atom is 0.0716 e. The molecule has 0 saturated heterocycles. The van der Waals surface area contributed by atoms with Crippen molar-refractivity contribution in [1.29, 1.82) is 0 Å². The summed E-state index contributed by atoms with van der Waals surface area (Å²) in [5.41, 5.74) is 2.97. The van der Waals surface area contributed by atoms with Crippen molar-refractivity contribution in [1.82, 2.24) is 0 Å². The molecule has 96 valence electrons. The fourth-order valence-corrected chi connectivity index (χ4v) is 3.28. The van der Waals surface area contributed by atoms with E-state index in [0.717, 1.165) is 21.6 Å². The Bertz CT molecular complexity index is 544. The SMILES string of the molecule is CN(Cc1csc(Br)c1)c1cccc(Cl)c1CO. The van der Waals surface area contributed by atoms with Crippen molar-refractivity contribution in [2.24, 2.45) is 0 Å². The van der Waals surface area contributed by atoms with Gasteiger partial charge >= 0.3 is 0 Å². The minimum Gasteiger partial charge on any atom is -0.392 e. The van der Waals surface area contributed by atoms with Crippen LogP contribution in [-0.4, -0.2) is 12.2 Å². The van der Waals surface area contributed by atoms with E-state index in [1.54, 1.807) is 17.4 Å². The van der Waals surface area contributed by atoms with Gasteiger partial charge in [-0.15, -0.1) is 11.3 Å². The van der Waals surface area contributed by atoms with Crippen LogP contribution in [0.5, 0.6) is 0 Å². The van der Waals surface area contributed by atoms with E-state index in [4.69, 9.17) is 11.6 Å². The standard InChI is InChI=1S/C13H13BrClNOS/c1-16(6-9-5-13(14)18-8-9)12-4-2-3-11(15)10(12)7-17/h2-5,8,17H,6-7H2,1H3. The molecule has 1 aromatic carbocycles. The summed E-state index contributed by atoms with van der Waals surface area (Å²) in [5, 5.41) is 12.1. The Hall–Kier alpha value is -0.550. The van der Waals surface area contributed by atoms with Crippen molar-refractivity contribution in [2.75, 3.05) is 11.9 Å². The molecule has 2 nitrogen and oxygen atoms in total. The lowest BCUT2D eigenvalue weighted by Crippen LogP contribution is -2.17. The van der Waals surface area contributed by atoms with Crippen LogP contribution in [0.1, 0.15) is 11.1 Å². The Labute approximate surface area is 124 Å². The lowest BCUT2D eigenvalue weighted by molar-refractivity contribution is 0.282. The van der Waals surface area contributed by atoms with E-state index >= 15 is 0 Å². The first-order valence-corrected chi connectivity index (χ1v) is 7.49. The zero-order valence-corrected chi connectivity index (χ0v) is 13.0. The first-order chi connectivity index (χ1) is 8.61. The normalized spacial score (nSPS) is 10.7. The lowest BCUT2D eigenvalue weighted by Gasteiger charge is -2.22. The topological polar surface area (TPSA) is 23.5 Å². The van der Waals surface area contributed by atoms with Crippen LogP contribution < -0.4 is 4.90 Å². The number of hydrogen-bond acceptors (Lipinski definition) is 3. The van der Waals surface area contributed by atoms with Gasteiger partial charge in [0.25, 0.3) is 0 Å². The molecule has 2 rings (SSSR count). The van der Waals surface area contributed by atoms with Crippen LogP contribution in [0.15, 0.2) is 33.4 Å². The molecule has 1 N–H and O–H groups in total. The Morgan fingerprint density at radius 2 is 2.22 bits per heavy atom. The van der Waals surface area contributed by atoms with Crippen molar-refractivity contribution >= 4 is 44.6 Å². The molecule has 0 aliphatic rings. The molecule has 5 heteroatoms. The number of nitrogens with zero attached hydrogens (tertiary/aromatic N) is 1. The number of rotatable bonds is 4. The Morgan fingerprint density at radius 3 is 2.83 bits per heavy atom. The summed E-state index contributed by atoms with van der Waals surface area (Å²) < 4.78 is 1.12. The molecule has 0 atom stereocenters. The van der Waals surface area contributed by atoms with Gasteiger partial charge in [0.15, 0.2) is 0 Å². The fourth-order valence-electron chi connectivity index (χ4n) is 1.85. The van der Waals surface area contributed by atoms with Gasteiger partial charge in [0.2, 0.25) is 0 Å². The summed E-state index contributed by atoms with van der Waals surface area (Å²) in [6.07, 6.45) is 0. The Kier molecular flexibility index (Phi) is 4.67. The Morgan fingerprint density at radius 1 is 1.44 bits per heavy atom. The quantitative estimate of drug-likeness (QED) is 0.892. The smallest absolute Gasteiger partial charge is 0.0716 e. The number of aliphatic hydroxyl groups excluding tert-OH is 1. The highest BCUT2D eigenvalue weighted by Crippen LogP contribution is 2.29. The molecule has 0 spiro atoms. The number of anilines is 1. The Balaban J connectivity index is 2.23. The summed E-state index contributed by atoms with van der Waals surface area (Å²) in [6, 6.07) is 7.77. The molecule has 0 radical (unpaired) electrons. The predicted octanol–water partition coefficient (Wildman–Crippen LogP) is 4.29. The molecule has 0 bridgehead atoms. The average Bonchev–Trinajstić information content (AvgIpc) is 2.74.